The van der Waals surface area contributed by atoms with Gasteiger partial charge in [0, 0.05) is 25.5 Å². The molecule has 2 aromatic heterocycles. The van der Waals surface area contributed by atoms with Crippen molar-refractivity contribution in [2.75, 3.05) is 23.9 Å². The lowest BCUT2D eigenvalue weighted by atomic mass is 10.2. The maximum Gasteiger partial charge on any atom is 0.232 e. The largest absolute Gasteiger partial charge is 0.354 e. The quantitative estimate of drug-likeness (QED) is 0.324. The van der Waals surface area contributed by atoms with Gasteiger partial charge in [0.1, 0.15) is 17.5 Å². The van der Waals surface area contributed by atoms with Crippen molar-refractivity contribution in [1.82, 2.24) is 14.3 Å². The first kappa shape index (κ1) is 21.7. The predicted octanol–water partition coefficient (Wildman–Crippen LogP) is 2.52. The minimum absolute atomic E-state index is 0.117. The van der Waals surface area contributed by atoms with E-state index in [9.17, 15) is 17.6 Å². The van der Waals surface area contributed by atoms with Crippen molar-refractivity contribution in [3.8, 4) is 0 Å². The average Bonchev–Trinajstić information content (AvgIpc) is 2.67. The Labute approximate surface area is 167 Å². The molecule has 0 saturated carbocycles. The number of anilines is 3. The number of pyridine rings is 2. The number of aldehydes is 1. The van der Waals surface area contributed by atoms with E-state index in [4.69, 9.17) is 5.41 Å². The van der Waals surface area contributed by atoms with Gasteiger partial charge in [0.15, 0.2) is 6.29 Å². The average molecular weight is 418 g/mol. The summed E-state index contributed by atoms with van der Waals surface area (Å²) >= 11 is 0. The summed E-state index contributed by atoms with van der Waals surface area (Å²) in [4.78, 5) is 19.3. The molecular formula is C18H19FN6O3S. The predicted molar refractivity (Wildman–Crippen MR) is 109 cm³/mol. The lowest BCUT2D eigenvalue weighted by Gasteiger charge is -2.23. The number of carbonyl (C=O) groups is 1. The smallest absolute Gasteiger partial charge is 0.232 e. The van der Waals surface area contributed by atoms with Gasteiger partial charge in [0.25, 0.3) is 0 Å². The highest BCUT2D eigenvalue weighted by atomic mass is 32.2. The molecule has 2 rings (SSSR count). The van der Waals surface area contributed by atoms with E-state index in [-0.39, 0.29) is 17.0 Å². The first-order chi connectivity index (χ1) is 13.7. The molecule has 0 atom stereocenters. The Hall–Kier alpha value is -3.60. The monoisotopic (exact) mass is 418 g/mol. The second kappa shape index (κ2) is 9.06. The van der Waals surface area contributed by atoms with E-state index < -0.39 is 15.8 Å². The first-order valence-corrected chi connectivity index (χ1v) is 9.95. The highest BCUT2D eigenvalue weighted by Gasteiger charge is 2.18. The van der Waals surface area contributed by atoms with Crippen LogP contribution < -0.4 is 10.6 Å². The van der Waals surface area contributed by atoms with E-state index in [0.29, 0.717) is 23.6 Å². The lowest BCUT2D eigenvalue weighted by molar-refractivity contribution is 0.112. The second-order valence-electron chi connectivity index (χ2n) is 5.81. The van der Waals surface area contributed by atoms with Crippen LogP contribution in [0.3, 0.4) is 0 Å². The summed E-state index contributed by atoms with van der Waals surface area (Å²) in [5.74, 6) is 0.154. The molecule has 0 bridgehead atoms. The van der Waals surface area contributed by atoms with Crippen LogP contribution in [-0.2, 0) is 10.0 Å². The van der Waals surface area contributed by atoms with Crippen LogP contribution in [0.15, 0.2) is 54.6 Å². The number of carbonyl (C=O) groups excluding carboxylic acids is 1. The van der Waals surface area contributed by atoms with Gasteiger partial charge in [0.2, 0.25) is 10.0 Å². The standard InChI is InChI=1S/C18H19FN6O3S/c1-12(16(6-7-20)25(2)29(3,27)28)23-15-8-18(21-9-13(15)11-26)24-17-5-4-14(19)10-22-17/h4-11,20H,1H2,2-3H3,(H2,21,22,23,24)/b16-6+,20-7?. The van der Waals surface area contributed by atoms with Crippen LogP contribution in [0.4, 0.5) is 21.7 Å². The number of halogens is 1. The summed E-state index contributed by atoms with van der Waals surface area (Å²) in [6, 6.07) is 4.14. The van der Waals surface area contributed by atoms with E-state index in [2.05, 4.69) is 27.2 Å². The SMILES string of the molecule is C=C(Nc1cc(Nc2ccc(F)cn2)ncc1C=O)/C(=C\C=N)N(C)S(C)(=O)=O. The fourth-order valence-corrected chi connectivity index (χ4v) is 2.73. The third kappa shape index (κ3) is 5.69. The van der Waals surface area contributed by atoms with Crippen LogP contribution in [-0.4, -0.2) is 48.5 Å². The van der Waals surface area contributed by atoms with E-state index >= 15 is 0 Å². The van der Waals surface area contributed by atoms with Crippen molar-refractivity contribution < 1.29 is 17.6 Å². The Morgan fingerprint density at radius 1 is 1.28 bits per heavy atom. The fraction of sp³-hybridized carbons (Fsp3) is 0.111. The van der Waals surface area contributed by atoms with Gasteiger partial charge in [-0.3, -0.25) is 9.10 Å². The number of allylic oxidation sites excluding steroid dienone is 1. The van der Waals surface area contributed by atoms with Gasteiger partial charge < -0.3 is 16.0 Å². The van der Waals surface area contributed by atoms with Crippen LogP contribution in [0.1, 0.15) is 10.4 Å². The summed E-state index contributed by atoms with van der Waals surface area (Å²) in [5.41, 5.74) is 0.745. The molecule has 11 heteroatoms. The van der Waals surface area contributed by atoms with Crippen LogP contribution in [0.25, 0.3) is 0 Å². The van der Waals surface area contributed by atoms with Crippen LogP contribution in [0.5, 0.6) is 0 Å². The molecule has 0 spiro atoms. The molecule has 0 unspecified atom stereocenters. The molecule has 0 fully saturated rings. The van der Waals surface area contributed by atoms with Gasteiger partial charge in [-0.1, -0.05) is 6.58 Å². The molecule has 2 heterocycles. The zero-order valence-corrected chi connectivity index (χ0v) is 16.5. The van der Waals surface area contributed by atoms with Gasteiger partial charge in [-0.25, -0.2) is 22.8 Å². The molecule has 29 heavy (non-hydrogen) atoms. The number of nitrogens with zero attached hydrogens (tertiary/aromatic N) is 3. The lowest BCUT2D eigenvalue weighted by Crippen LogP contribution is -2.27. The van der Waals surface area contributed by atoms with Crippen molar-refractivity contribution in [2.45, 2.75) is 0 Å². The molecule has 0 amide bonds. The summed E-state index contributed by atoms with van der Waals surface area (Å²) in [6.07, 6.45) is 6.10. The molecule has 2 aromatic rings. The number of rotatable bonds is 9. The van der Waals surface area contributed by atoms with Crippen LogP contribution in [0, 0.1) is 11.2 Å². The molecular weight excluding hydrogens is 399 g/mol. The number of nitrogens with one attached hydrogen (secondary N) is 3. The minimum Gasteiger partial charge on any atom is -0.354 e. The molecule has 152 valence electrons. The molecule has 9 nitrogen and oxygen atoms in total. The second-order valence-corrected chi connectivity index (χ2v) is 7.83. The molecule has 0 saturated heterocycles. The number of sulfonamides is 1. The molecule has 3 N–H and O–H groups in total. The number of likely N-dealkylation sites (N-methyl/N-ethyl adjacent to an activating group) is 1. The van der Waals surface area contributed by atoms with Crippen molar-refractivity contribution in [2.24, 2.45) is 0 Å². The van der Waals surface area contributed by atoms with Gasteiger partial charge in [-0.15, -0.1) is 0 Å². The molecule has 0 aliphatic rings. The maximum absolute atomic E-state index is 13.0. The van der Waals surface area contributed by atoms with E-state index in [0.717, 1.165) is 23.0 Å². The number of hydrogen-bond donors (Lipinski definition) is 3. The third-order valence-electron chi connectivity index (χ3n) is 3.72. The third-order valence-corrected chi connectivity index (χ3v) is 4.91. The van der Waals surface area contributed by atoms with Gasteiger partial charge in [-0.05, 0) is 18.2 Å². The zero-order valence-electron chi connectivity index (χ0n) is 15.7. The zero-order chi connectivity index (χ0) is 21.6. The van der Waals surface area contributed by atoms with Gasteiger partial charge in [-0.2, -0.15) is 0 Å². The van der Waals surface area contributed by atoms with E-state index in [1.165, 1.54) is 37.5 Å². The minimum atomic E-state index is -3.60. The van der Waals surface area contributed by atoms with Crippen molar-refractivity contribution in [1.29, 1.82) is 5.41 Å². The molecule has 0 radical (unpaired) electrons. The van der Waals surface area contributed by atoms with Crippen LogP contribution >= 0.6 is 0 Å². The highest BCUT2D eigenvalue weighted by molar-refractivity contribution is 7.88. The normalized spacial score (nSPS) is 11.5. The van der Waals surface area contributed by atoms with Crippen molar-refractivity contribution in [3.05, 3.63) is 66.0 Å². The summed E-state index contributed by atoms with van der Waals surface area (Å²) in [6.45, 7) is 3.80. The van der Waals surface area contributed by atoms with Gasteiger partial charge >= 0.3 is 0 Å². The Morgan fingerprint density at radius 2 is 1.97 bits per heavy atom. The summed E-state index contributed by atoms with van der Waals surface area (Å²) in [7, 11) is -2.28. The first-order valence-electron chi connectivity index (χ1n) is 8.10. The van der Waals surface area contributed by atoms with E-state index in [1.807, 2.05) is 0 Å². The molecule has 0 aliphatic heterocycles. The van der Waals surface area contributed by atoms with Gasteiger partial charge in [0.05, 0.1) is 35.1 Å². The van der Waals surface area contributed by atoms with Crippen LogP contribution in [0.2, 0.25) is 0 Å². The Morgan fingerprint density at radius 3 is 2.52 bits per heavy atom. The fourth-order valence-electron chi connectivity index (χ4n) is 2.20. The maximum atomic E-state index is 13.0. The van der Waals surface area contributed by atoms with Crippen molar-refractivity contribution in [3.63, 3.8) is 0 Å². The molecule has 0 aromatic carbocycles. The van der Waals surface area contributed by atoms with Crippen molar-refractivity contribution >= 4 is 39.8 Å². The topological polar surface area (TPSA) is 128 Å². The van der Waals surface area contributed by atoms with E-state index in [1.54, 1.807) is 0 Å². The summed E-state index contributed by atoms with van der Waals surface area (Å²) in [5, 5.41) is 13.0. The highest BCUT2D eigenvalue weighted by Crippen LogP contribution is 2.24. The Kier molecular flexibility index (Phi) is 6.78. The number of hydrogen-bond acceptors (Lipinski definition) is 8. The molecule has 0 aliphatic carbocycles. The Bertz CT molecular complexity index is 1070. The number of aromatic nitrogens is 2. The Balaban J connectivity index is 2.33. The summed E-state index contributed by atoms with van der Waals surface area (Å²) < 4.78 is 37.6.